The Morgan fingerprint density at radius 3 is 2.21 bits per heavy atom. The van der Waals surface area contributed by atoms with E-state index in [1.54, 1.807) is 12.0 Å². The van der Waals surface area contributed by atoms with Gasteiger partial charge in [-0.3, -0.25) is 9.59 Å². The second kappa shape index (κ2) is 8.78. The minimum atomic E-state index is -0.578. The molecule has 1 saturated heterocycles. The molecule has 148 valence electrons. The molecule has 6 nitrogen and oxygen atoms in total. The van der Waals surface area contributed by atoms with Crippen molar-refractivity contribution in [2.75, 3.05) is 43.5 Å². The third-order valence-corrected chi connectivity index (χ3v) is 5.03. The number of carbonyl (C=O) groups is 2. The summed E-state index contributed by atoms with van der Waals surface area (Å²) in [6.07, 6.45) is 0. The number of benzene rings is 2. The molecular formula is C22H27N3O3. The quantitative estimate of drug-likeness (QED) is 0.827. The summed E-state index contributed by atoms with van der Waals surface area (Å²) in [7, 11) is 1.64. The molecule has 28 heavy (non-hydrogen) atoms. The van der Waals surface area contributed by atoms with E-state index >= 15 is 0 Å². The molecule has 3 rings (SSSR count). The number of methoxy groups -OCH3 is 1. The summed E-state index contributed by atoms with van der Waals surface area (Å²) in [5, 5.41) is 2.79. The summed E-state index contributed by atoms with van der Waals surface area (Å²) in [6, 6.07) is 15.5. The van der Waals surface area contributed by atoms with Gasteiger partial charge in [0.1, 0.15) is 5.75 Å². The second-order valence-corrected chi connectivity index (χ2v) is 7.17. The van der Waals surface area contributed by atoms with E-state index in [1.165, 1.54) is 0 Å². The molecular weight excluding hydrogens is 354 g/mol. The van der Waals surface area contributed by atoms with Gasteiger partial charge < -0.3 is 19.9 Å². The molecule has 0 unspecified atom stereocenters. The zero-order valence-corrected chi connectivity index (χ0v) is 16.6. The lowest BCUT2D eigenvalue weighted by Gasteiger charge is -2.35. The minimum absolute atomic E-state index is 0.264. The predicted octanol–water partition coefficient (Wildman–Crippen LogP) is 3.11. The topological polar surface area (TPSA) is 61.9 Å². The van der Waals surface area contributed by atoms with Gasteiger partial charge in [0, 0.05) is 37.6 Å². The van der Waals surface area contributed by atoms with Crippen LogP contribution in [0.5, 0.6) is 5.75 Å². The van der Waals surface area contributed by atoms with Gasteiger partial charge >= 0.3 is 11.8 Å². The Morgan fingerprint density at radius 1 is 0.964 bits per heavy atom. The number of hydrogen-bond acceptors (Lipinski definition) is 4. The lowest BCUT2D eigenvalue weighted by Crippen LogP contribution is -2.51. The average Bonchev–Trinajstić information content (AvgIpc) is 2.73. The van der Waals surface area contributed by atoms with E-state index < -0.39 is 11.8 Å². The van der Waals surface area contributed by atoms with Crippen LogP contribution >= 0.6 is 0 Å². The number of piperazine rings is 1. The van der Waals surface area contributed by atoms with E-state index in [2.05, 4.69) is 24.1 Å². The first kappa shape index (κ1) is 19.7. The molecule has 0 saturated carbocycles. The molecule has 2 aromatic rings. The van der Waals surface area contributed by atoms with Crippen LogP contribution in [0, 0.1) is 0 Å². The van der Waals surface area contributed by atoms with Gasteiger partial charge in [-0.15, -0.1) is 0 Å². The zero-order chi connectivity index (χ0) is 20.1. The molecule has 1 heterocycles. The summed E-state index contributed by atoms with van der Waals surface area (Å²) < 4.78 is 5.19. The summed E-state index contributed by atoms with van der Waals surface area (Å²) in [5.41, 5.74) is 2.81. The van der Waals surface area contributed by atoms with Crippen LogP contribution in [0.2, 0.25) is 0 Å². The van der Waals surface area contributed by atoms with E-state index in [0.717, 1.165) is 17.0 Å². The number of amides is 2. The normalized spacial score (nSPS) is 14.1. The van der Waals surface area contributed by atoms with Gasteiger partial charge in [-0.25, -0.2) is 0 Å². The maximum absolute atomic E-state index is 12.6. The van der Waals surface area contributed by atoms with Crippen molar-refractivity contribution < 1.29 is 14.3 Å². The Kier molecular flexibility index (Phi) is 6.19. The lowest BCUT2D eigenvalue weighted by molar-refractivity contribution is -0.143. The van der Waals surface area contributed by atoms with Crippen LogP contribution in [0.15, 0.2) is 48.5 Å². The van der Waals surface area contributed by atoms with Crippen molar-refractivity contribution in [3.63, 3.8) is 0 Å². The van der Waals surface area contributed by atoms with Gasteiger partial charge in [0.2, 0.25) is 0 Å². The van der Waals surface area contributed by atoms with Gasteiger partial charge in [0.25, 0.3) is 0 Å². The Labute approximate surface area is 166 Å². The molecule has 0 bridgehead atoms. The summed E-state index contributed by atoms with van der Waals surface area (Å²) in [6.45, 7) is 6.53. The number of nitrogens with one attached hydrogen (secondary N) is 1. The first-order chi connectivity index (χ1) is 13.5. The van der Waals surface area contributed by atoms with Crippen LogP contribution in [-0.2, 0) is 9.59 Å². The number of nitrogens with zero attached hydrogens (tertiary/aromatic N) is 2. The van der Waals surface area contributed by atoms with E-state index in [0.29, 0.717) is 31.9 Å². The van der Waals surface area contributed by atoms with Crippen LogP contribution in [0.25, 0.3) is 0 Å². The van der Waals surface area contributed by atoms with Gasteiger partial charge in [0.15, 0.2) is 0 Å². The van der Waals surface area contributed by atoms with E-state index in [-0.39, 0.29) is 5.92 Å². The average molecular weight is 381 g/mol. The molecule has 0 spiro atoms. The molecule has 0 aromatic heterocycles. The van der Waals surface area contributed by atoms with Crippen LogP contribution in [0.3, 0.4) is 0 Å². The molecule has 1 N–H and O–H groups in total. The third-order valence-electron chi connectivity index (χ3n) is 5.03. The Bertz CT molecular complexity index is 825. The SMILES string of the molecule is COc1ccc(N2CCN(C(=O)C(=O)Nc3ccccc3C(C)C)CC2)cc1. The number of anilines is 2. The first-order valence-corrected chi connectivity index (χ1v) is 9.57. The highest BCUT2D eigenvalue weighted by Crippen LogP contribution is 2.24. The van der Waals surface area contributed by atoms with Crippen molar-refractivity contribution in [1.29, 1.82) is 0 Å². The fourth-order valence-electron chi connectivity index (χ4n) is 3.39. The highest BCUT2D eigenvalue weighted by molar-refractivity contribution is 6.39. The van der Waals surface area contributed by atoms with Crippen molar-refractivity contribution in [1.82, 2.24) is 4.90 Å². The van der Waals surface area contributed by atoms with Crippen LogP contribution in [0.4, 0.5) is 11.4 Å². The number of hydrogen-bond donors (Lipinski definition) is 1. The Balaban J connectivity index is 1.58. The van der Waals surface area contributed by atoms with Crippen LogP contribution in [0.1, 0.15) is 25.3 Å². The van der Waals surface area contributed by atoms with Crippen molar-refractivity contribution in [3.8, 4) is 5.75 Å². The molecule has 0 atom stereocenters. The van der Waals surface area contributed by atoms with Gasteiger partial charge in [-0.2, -0.15) is 0 Å². The maximum Gasteiger partial charge on any atom is 0.313 e. The summed E-state index contributed by atoms with van der Waals surface area (Å²) >= 11 is 0. The predicted molar refractivity (Wildman–Crippen MR) is 111 cm³/mol. The Hall–Kier alpha value is -3.02. The minimum Gasteiger partial charge on any atom is -0.497 e. The highest BCUT2D eigenvalue weighted by atomic mass is 16.5. The zero-order valence-electron chi connectivity index (χ0n) is 16.6. The van der Waals surface area contributed by atoms with Crippen LogP contribution in [-0.4, -0.2) is 50.0 Å². The molecule has 2 amide bonds. The molecule has 2 aromatic carbocycles. The lowest BCUT2D eigenvalue weighted by atomic mass is 10.0. The standard InChI is InChI=1S/C22H27N3O3/c1-16(2)19-6-4-5-7-20(19)23-21(26)22(27)25-14-12-24(13-15-25)17-8-10-18(28-3)11-9-17/h4-11,16H,12-15H2,1-3H3,(H,23,26). The van der Waals surface area contributed by atoms with Crippen molar-refractivity contribution in [2.45, 2.75) is 19.8 Å². The van der Waals surface area contributed by atoms with E-state index in [9.17, 15) is 9.59 Å². The smallest absolute Gasteiger partial charge is 0.313 e. The largest absolute Gasteiger partial charge is 0.497 e. The van der Waals surface area contributed by atoms with Gasteiger partial charge in [-0.1, -0.05) is 32.0 Å². The molecule has 0 radical (unpaired) electrons. The molecule has 6 heteroatoms. The van der Waals surface area contributed by atoms with Crippen molar-refractivity contribution >= 4 is 23.2 Å². The van der Waals surface area contributed by atoms with E-state index in [4.69, 9.17) is 4.74 Å². The van der Waals surface area contributed by atoms with Gasteiger partial charge in [-0.05, 0) is 41.8 Å². The second-order valence-electron chi connectivity index (χ2n) is 7.17. The first-order valence-electron chi connectivity index (χ1n) is 9.57. The molecule has 1 aliphatic heterocycles. The monoisotopic (exact) mass is 381 g/mol. The Morgan fingerprint density at radius 2 is 1.61 bits per heavy atom. The number of para-hydroxylation sites is 1. The molecule has 1 aliphatic rings. The number of carbonyl (C=O) groups excluding carboxylic acids is 2. The number of ether oxygens (including phenoxy) is 1. The summed E-state index contributed by atoms with van der Waals surface area (Å²) in [4.78, 5) is 28.9. The van der Waals surface area contributed by atoms with Crippen LogP contribution < -0.4 is 15.0 Å². The fraction of sp³-hybridized carbons (Fsp3) is 0.364. The van der Waals surface area contributed by atoms with Crippen molar-refractivity contribution in [3.05, 3.63) is 54.1 Å². The third kappa shape index (κ3) is 4.44. The van der Waals surface area contributed by atoms with E-state index in [1.807, 2.05) is 48.5 Å². The molecule has 1 fully saturated rings. The van der Waals surface area contributed by atoms with Crippen molar-refractivity contribution in [2.24, 2.45) is 0 Å². The summed E-state index contributed by atoms with van der Waals surface area (Å²) in [5.74, 6) is 0.0227. The van der Waals surface area contributed by atoms with Gasteiger partial charge in [0.05, 0.1) is 7.11 Å². The fourth-order valence-corrected chi connectivity index (χ4v) is 3.39. The number of rotatable bonds is 4. The highest BCUT2D eigenvalue weighted by Gasteiger charge is 2.26. The molecule has 0 aliphatic carbocycles. The maximum atomic E-state index is 12.6.